The second-order valence-corrected chi connectivity index (χ2v) is 3.16. The molecule has 0 unspecified atom stereocenters. The molecule has 3 N–H and O–H groups in total. The summed E-state index contributed by atoms with van der Waals surface area (Å²) in [6.07, 6.45) is 0. The van der Waals surface area contributed by atoms with Gasteiger partial charge in [-0.25, -0.2) is 0 Å². The number of aliphatic carboxylic acids is 1. The lowest BCUT2D eigenvalue weighted by atomic mass is 9.88. The van der Waals surface area contributed by atoms with E-state index in [2.05, 4.69) is 5.11 Å². The average Bonchev–Trinajstić information content (AvgIpc) is 1.83. The summed E-state index contributed by atoms with van der Waals surface area (Å²) in [4.78, 5) is 10.6. The summed E-state index contributed by atoms with van der Waals surface area (Å²) in [5.74, 6) is -0.688. The van der Waals surface area contributed by atoms with Gasteiger partial charge in [0, 0.05) is 0 Å². The van der Waals surface area contributed by atoms with Gasteiger partial charge in [0.25, 0.3) is 1.43 Å². The van der Waals surface area contributed by atoms with E-state index in [0.29, 0.717) is 0 Å². The van der Waals surface area contributed by atoms with E-state index in [9.17, 15) is 4.79 Å². The average molecular weight is 132 g/mol. The Labute approximate surface area is 56.4 Å². The molecule has 3 nitrogen and oxygen atoms in total. The van der Waals surface area contributed by atoms with Crippen LogP contribution in [0.25, 0.3) is 1.43 Å². The second kappa shape index (κ2) is 2.35. The van der Waals surface area contributed by atoms with Crippen LogP contribution in [0, 0.1) is 5.41 Å². The van der Waals surface area contributed by atoms with Gasteiger partial charge in [-0.1, -0.05) is 20.8 Å². The zero-order valence-corrected chi connectivity index (χ0v) is 5.97. The van der Waals surface area contributed by atoms with Crippen molar-refractivity contribution in [2.75, 3.05) is 0 Å². The predicted molar refractivity (Wildman–Crippen MR) is 35.1 cm³/mol. The molecule has 0 amide bonds. The topological polar surface area (TPSA) is 63.3 Å². The van der Waals surface area contributed by atoms with Crippen LogP contribution >= 0.6 is 0 Å². The molecule has 0 bridgehead atoms. The Morgan fingerprint density at radius 2 is 2.22 bits per heavy atom. The van der Waals surface area contributed by atoms with Gasteiger partial charge in [0.15, 0.2) is 0 Å². The molecule has 0 spiro atoms. The van der Waals surface area contributed by atoms with Crippen molar-refractivity contribution < 1.29 is 9.90 Å². The van der Waals surface area contributed by atoms with Crippen molar-refractivity contribution in [3.05, 3.63) is 0 Å². The molecule has 0 rings (SSSR count). The summed E-state index contributed by atoms with van der Waals surface area (Å²) in [6.45, 7) is 5.44. The third kappa shape index (κ3) is 2.46. The minimum absolute atomic E-state index is 0.335. The third-order valence-corrected chi connectivity index (χ3v) is 1.19. The third-order valence-electron chi connectivity index (χ3n) is 1.19. The maximum Gasteiger partial charge on any atom is 0.321 e. The second-order valence-electron chi connectivity index (χ2n) is 3.16. The van der Waals surface area contributed by atoms with Crippen LogP contribution in [-0.4, -0.2) is 17.1 Å². The number of carboxylic acid groups (broad SMARTS) is 1. The quantitative estimate of drug-likeness (QED) is 0.544. The SMILES string of the molecule is [2H]OC(=O)[C@@H](N)C(C)(C)C. The van der Waals surface area contributed by atoms with Crippen molar-refractivity contribution in [1.82, 2.24) is 0 Å². The standard InChI is InChI=1S/C6H13NO2/c1-6(2,3)4(7)5(8)9/h4H,7H2,1-3H3,(H,8,9)/t4-/m1/s1/i/hD. The van der Waals surface area contributed by atoms with Crippen LogP contribution in [0.4, 0.5) is 0 Å². The summed E-state index contributed by atoms with van der Waals surface area (Å²) in [5.41, 5.74) is 5.08. The smallest absolute Gasteiger partial charge is 0.321 e. The van der Waals surface area contributed by atoms with Gasteiger partial charge in [-0.3, -0.25) is 4.79 Å². The van der Waals surface area contributed by atoms with Gasteiger partial charge >= 0.3 is 5.97 Å². The first kappa shape index (κ1) is 6.55. The molecule has 0 fully saturated rings. The van der Waals surface area contributed by atoms with Crippen molar-refractivity contribution in [3.63, 3.8) is 0 Å². The van der Waals surface area contributed by atoms with E-state index < -0.39 is 12.0 Å². The van der Waals surface area contributed by atoms with Gasteiger partial charge in [-0.2, -0.15) is 0 Å². The maximum absolute atomic E-state index is 10.6. The van der Waals surface area contributed by atoms with E-state index in [1.165, 1.54) is 0 Å². The molecule has 54 valence electrons. The molecule has 0 heterocycles. The number of nitrogens with two attached hydrogens (primary N) is 1. The molecule has 1 atom stereocenters. The number of carbonyl (C=O) groups is 1. The molecule has 0 aliphatic carbocycles. The Morgan fingerprint density at radius 3 is 2.33 bits per heavy atom. The van der Waals surface area contributed by atoms with E-state index in [-0.39, 0.29) is 5.41 Å². The molecule has 0 aromatic carbocycles. The Morgan fingerprint density at radius 1 is 1.78 bits per heavy atom. The van der Waals surface area contributed by atoms with Crippen LogP contribution in [0.5, 0.6) is 0 Å². The minimum Gasteiger partial charge on any atom is -0.480 e. The molecule has 0 saturated carbocycles. The molecular formula is C6H13NO2. The molecule has 0 aliphatic rings. The fourth-order valence-corrected chi connectivity index (χ4v) is 0.354. The van der Waals surface area contributed by atoms with Crippen molar-refractivity contribution in [2.45, 2.75) is 26.8 Å². The predicted octanol–water partition coefficient (Wildman–Crippen LogP) is 0.444. The number of rotatable bonds is 1. The Balaban J connectivity index is 4.08. The Hall–Kier alpha value is -0.570. The lowest BCUT2D eigenvalue weighted by Gasteiger charge is -2.22. The maximum atomic E-state index is 10.6. The van der Waals surface area contributed by atoms with Crippen LogP contribution in [-0.2, 0) is 4.79 Å². The molecule has 3 heteroatoms. The fourth-order valence-electron chi connectivity index (χ4n) is 0.354. The lowest BCUT2D eigenvalue weighted by Crippen LogP contribution is -2.41. The molecule has 0 aliphatic heterocycles. The molecule has 0 saturated heterocycles. The normalized spacial score (nSPS) is 16.2. The van der Waals surface area contributed by atoms with Crippen LogP contribution in [0.1, 0.15) is 20.8 Å². The van der Waals surface area contributed by atoms with Gasteiger partial charge < -0.3 is 10.8 Å². The van der Waals surface area contributed by atoms with E-state index in [1.807, 2.05) is 20.8 Å². The van der Waals surface area contributed by atoms with Crippen molar-refractivity contribution in [1.29, 1.82) is 1.43 Å². The Bertz CT molecular complexity index is 130. The Kier molecular flexibility index (Phi) is 1.71. The highest BCUT2D eigenvalue weighted by atomic mass is 16.4. The van der Waals surface area contributed by atoms with Crippen LogP contribution in [0.2, 0.25) is 0 Å². The summed E-state index contributed by atoms with van der Waals surface area (Å²) >= 11 is 0. The minimum atomic E-state index is -0.718. The molecular weight excluding hydrogens is 118 g/mol. The van der Waals surface area contributed by atoms with E-state index in [0.717, 1.165) is 0 Å². The van der Waals surface area contributed by atoms with E-state index in [1.54, 1.807) is 0 Å². The van der Waals surface area contributed by atoms with E-state index in [4.69, 9.17) is 7.16 Å². The number of hydrogen-bond acceptors (Lipinski definition) is 3. The fraction of sp³-hybridized carbons (Fsp3) is 0.833. The van der Waals surface area contributed by atoms with Gasteiger partial charge in [0.1, 0.15) is 6.04 Å². The highest BCUT2D eigenvalue weighted by molar-refractivity contribution is 5.74. The molecule has 0 aromatic rings. The molecule has 9 heavy (non-hydrogen) atoms. The van der Waals surface area contributed by atoms with Crippen LogP contribution < -0.4 is 5.73 Å². The van der Waals surface area contributed by atoms with Crippen molar-refractivity contribution >= 4 is 5.97 Å². The van der Waals surface area contributed by atoms with Crippen molar-refractivity contribution in [2.24, 2.45) is 11.1 Å². The summed E-state index contributed by atoms with van der Waals surface area (Å²) in [7, 11) is 0. The van der Waals surface area contributed by atoms with Crippen molar-refractivity contribution in [3.8, 4) is 0 Å². The van der Waals surface area contributed by atoms with Crippen LogP contribution in [0.3, 0.4) is 0 Å². The first-order valence-corrected chi connectivity index (χ1v) is 2.82. The summed E-state index contributed by atoms with van der Waals surface area (Å²) < 4.78 is 6.29. The molecule has 0 aromatic heterocycles. The van der Waals surface area contributed by atoms with Crippen LogP contribution in [0.15, 0.2) is 0 Å². The summed E-state index contributed by atoms with van der Waals surface area (Å²) in [5, 5.41) is 3.72. The first-order chi connectivity index (χ1) is 4.39. The van der Waals surface area contributed by atoms with E-state index >= 15 is 0 Å². The zero-order chi connectivity index (χ0) is 8.36. The highest BCUT2D eigenvalue weighted by Gasteiger charge is 2.26. The lowest BCUT2D eigenvalue weighted by molar-refractivity contribution is -0.141. The summed E-state index contributed by atoms with van der Waals surface area (Å²) in [6, 6.07) is -0.718. The number of hydrogen-bond donors (Lipinski definition) is 2. The first-order valence-electron chi connectivity index (χ1n) is 3.23. The largest absolute Gasteiger partial charge is 0.480 e. The van der Waals surface area contributed by atoms with Gasteiger partial charge in [0.05, 0.1) is 0 Å². The molecule has 0 radical (unpaired) electrons. The van der Waals surface area contributed by atoms with Gasteiger partial charge in [0.2, 0.25) is 0 Å². The number of carboxylic acids is 1. The zero-order valence-electron chi connectivity index (χ0n) is 6.97. The van der Waals surface area contributed by atoms with Gasteiger partial charge in [-0.05, 0) is 5.41 Å². The van der Waals surface area contributed by atoms with Gasteiger partial charge in [-0.15, -0.1) is 0 Å². The highest BCUT2D eigenvalue weighted by Crippen LogP contribution is 2.16. The monoisotopic (exact) mass is 132 g/mol.